The second kappa shape index (κ2) is 5.25. The molecular weight excluding hydrogens is 207 g/mol. The summed E-state index contributed by atoms with van der Waals surface area (Å²) in [6.07, 6.45) is 0. The Balaban J connectivity index is 0.00000112. The maximum absolute atomic E-state index is 8.56. The third-order valence-electron chi connectivity index (χ3n) is 1.95. The first kappa shape index (κ1) is 12.2. The molecule has 0 aliphatic carbocycles. The minimum atomic E-state index is 0. The molecule has 0 bridgehead atoms. The first-order chi connectivity index (χ1) is 6.83. The van der Waals surface area contributed by atoms with Gasteiger partial charge in [-0.05, 0) is 12.1 Å². The van der Waals surface area contributed by atoms with Crippen molar-refractivity contribution in [2.75, 3.05) is 13.2 Å². The van der Waals surface area contributed by atoms with E-state index in [-0.39, 0.29) is 35.4 Å². The van der Waals surface area contributed by atoms with Gasteiger partial charge in [0, 0.05) is 29.6 Å². The Hall–Kier alpha value is -0.910. The number of nitrogens with two attached hydrogens (primary N) is 1. The maximum Gasteiger partial charge on any atom is 0.173 e. The van der Waals surface area contributed by atoms with E-state index in [4.69, 9.17) is 20.4 Å². The van der Waals surface area contributed by atoms with Gasteiger partial charge in [0.2, 0.25) is 0 Å². The van der Waals surface area contributed by atoms with Crippen LogP contribution in [0, 0.1) is 0 Å². The summed E-state index contributed by atoms with van der Waals surface area (Å²) in [7, 11) is 0. The molecule has 0 saturated carbocycles. The van der Waals surface area contributed by atoms with Crippen LogP contribution in [0.15, 0.2) is 23.4 Å². The van der Waals surface area contributed by atoms with Gasteiger partial charge in [0.1, 0.15) is 13.2 Å². The predicted molar refractivity (Wildman–Crippen MR) is 55.7 cm³/mol. The number of rotatable bonds is 1. The summed E-state index contributed by atoms with van der Waals surface area (Å²) in [5.41, 5.74) is 6.03. The molecule has 0 spiro atoms. The van der Waals surface area contributed by atoms with E-state index in [1.54, 1.807) is 18.2 Å². The van der Waals surface area contributed by atoms with Gasteiger partial charge in [-0.3, -0.25) is 0 Å². The van der Waals surface area contributed by atoms with Crippen molar-refractivity contribution < 1.29 is 14.7 Å². The summed E-state index contributed by atoms with van der Waals surface area (Å²) in [4.78, 5) is 0. The second-order valence-corrected chi connectivity index (χ2v) is 2.81. The van der Waals surface area contributed by atoms with Gasteiger partial charge in [0.15, 0.2) is 17.3 Å². The van der Waals surface area contributed by atoms with E-state index in [9.17, 15) is 0 Å². The van der Waals surface area contributed by atoms with Gasteiger partial charge in [-0.15, -0.1) is 0 Å². The molecule has 0 fully saturated rings. The number of ether oxygens (including phenoxy) is 2. The Labute approximate surface area is 109 Å². The molecule has 6 heteroatoms. The number of fused-ring (bicyclic) bond motifs is 1. The van der Waals surface area contributed by atoms with E-state index < -0.39 is 0 Å². The van der Waals surface area contributed by atoms with Crippen molar-refractivity contribution in [2.24, 2.45) is 10.9 Å². The van der Waals surface area contributed by atoms with Gasteiger partial charge >= 0.3 is 0 Å². The van der Waals surface area contributed by atoms with Crippen LogP contribution in [0.2, 0.25) is 0 Å². The Morgan fingerprint density at radius 1 is 1.33 bits per heavy atom. The monoisotopic (exact) mass is 217 g/mol. The zero-order valence-corrected chi connectivity index (χ0v) is 10.4. The van der Waals surface area contributed by atoms with Gasteiger partial charge in [-0.1, -0.05) is 11.2 Å². The molecule has 1 aromatic rings. The molecule has 1 radical (unpaired) electrons. The summed E-state index contributed by atoms with van der Waals surface area (Å²) in [6, 6.07) is 5.26. The Morgan fingerprint density at radius 2 is 2.07 bits per heavy atom. The number of hydrogen-bond donors (Lipinski definition) is 2. The van der Waals surface area contributed by atoms with Crippen LogP contribution in [0.5, 0.6) is 11.5 Å². The van der Waals surface area contributed by atoms with Crippen LogP contribution >= 0.6 is 0 Å². The molecule has 3 N–H and O–H groups in total. The number of amidine groups is 1. The van der Waals surface area contributed by atoms with E-state index in [1.165, 1.54) is 0 Å². The Kier molecular flexibility index (Phi) is 4.26. The summed E-state index contributed by atoms with van der Waals surface area (Å²) >= 11 is 0. The van der Waals surface area contributed by atoms with Crippen molar-refractivity contribution in [3.05, 3.63) is 23.8 Å². The summed E-state index contributed by atoms with van der Waals surface area (Å²) in [6.45, 7) is 0.995. The smallest absolute Gasteiger partial charge is 0.173 e. The first-order valence-corrected chi connectivity index (χ1v) is 4.19. The summed E-state index contributed by atoms with van der Waals surface area (Å²) in [5.74, 6) is 1.18. The SMILES string of the molecule is NC(=NO)c1cccc2c1OCCO2.[Na]. The molecular formula is C9H10N2NaO3. The van der Waals surface area contributed by atoms with E-state index in [0.29, 0.717) is 30.3 Å². The average molecular weight is 217 g/mol. The standard InChI is InChI=1S/C9H10N2O3.Na/c10-9(11-12)6-2-1-3-7-8(6)14-5-4-13-7;/h1-3,12H,4-5H2,(H2,10,11);. The third-order valence-corrected chi connectivity index (χ3v) is 1.95. The number of benzene rings is 1. The molecule has 1 heterocycles. The van der Waals surface area contributed by atoms with E-state index in [1.807, 2.05) is 0 Å². The van der Waals surface area contributed by atoms with E-state index in [2.05, 4.69) is 5.16 Å². The van der Waals surface area contributed by atoms with Gasteiger partial charge in [0.05, 0.1) is 5.56 Å². The van der Waals surface area contributed by atoms with Crippen LogP contribution in [-0.2, 0) is 0 Å². The molecule has 1 aliphatic heterocycles. The molecule has 2 rings (SSSR count). The van der Waals surface area contributed by atoms with Gasteiger partial charge in [-0.25, -0.2) is 0 Å². The van der Waals surface area contributed by atoms with Crippen molar-refractivity contribution in [1.82, 2.24) is 0 Å². The molecule has 0 unspecified atom stereocenters. The van der Waals surface area contributed by atoms with Gasteiger partial charge in [-0.2, -0.15) is 0 Å². The summed E-state index contributed by atoms with van der Waals surface area (Å²) in [5, 5.41) is 11.5. The van der Waals surface area contributed by atoms with Crippen LogP contribution in [0.1, 0.15) is 5.56 Å². The third kappa shape index (κ3) is 2.37. The second-order valence-electron chi connectivity index (χ2n) is 2.81. The zero-order chi connectivity index (χ0) is 9.97. The fourth-order valence-corrected chi connectivity index (χ4v) is 1.33. The molecule has 0 aromatic heterocycles. The van der Waals surface area contributed by atoms with Crippen LogP contribution < -0.4 is 15.2 Å². The molecule has 15 heavy (non-hydrogen) atoms. The normalized spacial score (nSPS) is 14.3. The minimum Gasteiger partial charge on any atom is -0.486 e. The van der Waals surface area contributed by atoms with Crippen molar-refractivity contribution in [3.8, 4) is 11.5 Å². The average Bonchev–Trinajstić information content (AvgIpc) is 2.27. The maximum atomic E-state index is 8.56. The predicted octanol–water partition coefficient (Wildman–Crippen LogP) is 0.171. The molecule has 1 aliphatic rings. The van der Waals surface area contributed by atoms with Crippen LogP contribution in [0.3, 0.4) is 0 Å². The van der Waals surface area contributed by atoms with E-state index in [0.717, 1.165) is 0 Å². The fourth-order valence-electron chi connectivity index (χ4n) is 1.33. The van der Waals surface area contributed by atoms with Crippen LogP contribution in [-0.4, -0.2) is 53.8 Å². The number of oxime groups is 1. The Bertz CT molecular complexity index is 382. The van der Waals surface area contributed by atoms with Crippen LogP contribution in [0.25, 0.3) is 0 Å². The minimum absolute atomic E-state index is 0. The quantitative estimate of drug-likeness (QED) is 0.231. The van der Waals surface area contributed by atoms with Gasteiger partial charge < -0.3 is 20.4 Å². The molecule has 0 amide bonds. The zero-order valence-electron chi connectivity index (χ0n) is 8.43. The molecule has 75 valence electrons. The van der Waals surface area contributed by atoms with Crippen molar-refractivity contribution in [1.29, 1.82) is 0 Å². The van der Waals surface area contributed by atoms with Crippen molar-refractivity contribution in [2.45, 2.75) is 0 Å². The first-order valence-electron chi connectivity index (χ1n) is 4.19. The molecule has 0 saturated heterocycles. The number of nitrogens with zero attached hydrogens (tertiary/aromatic N) is 1. The van der Waals surface area contributed by atoms with Crippen molar-refractivity contribution >= 4 is 35.4 Å². The molecule has 0 atom stereocenters. The Morgan fingerprint density at radius 3 is 2.80 bits per heavy atom. The van der Waals surface area contributed by atoms with E-state index >= 15 is 0 Å². The summed E-state index contributed by atoms with van der Waals surface area (Å²) < 4.78 is 10.7. The number of para-hydroxylation sites is 1. The van der Waals surface area contributed by atoms with Crippen molar-refractivity contribution in [3.63, 3.8) is 0 Å². The number of hydrogen-bond acceptors (Lipinski definition) is 4. The molecule has 5 nitrogen and oxygen atoms in total. The fraction of sp³-hybridized carbons (Fsp3) is 0.222. The molecule has 1 aromatic carbocycles. The van der Waals surface area contributed by atoms with Crippen LogP contribution in [0.4, 0.5) is 0 Å². The van der Waals surface area contributed by atoms with Gasteiger partial charge in [0.25, 0.3) is 0 Å². The topological polar surface area (TPSA) is 77.1 Å². The largest absolute Gasteiger partial charge is 0.486 e.